The van der Waals surface area contributed by atoms with E-state index < -0.39 is 0 Å². The number of carbonyl (C=O) groups excluding carboxylic acids is 2. The summed E-state index contributed by atoms with van der Waals surface area (Å²) < 4.78 is 5.89. The van der Waals surface area contributed by atoms with E-state index in [1.165, 1.54) is 32.1 Å². The number of carbonyl (C=O) groups is 2. The molecule has 6 nitrogen and oxygen atoms in total. The van der Waals surface area contributed by atoms with Gasteiger partial charge in [0.05, 0.1) is 0 Å². The smallest absolute Gasteiger partial charge is 0.276 e. The van der Waals surface area contributed by atoms with Crippen molar-refractivity contribution in [3.8, 4) is 0 Å². The Morgan fingerprint density at radius 2 is 1.61 bits per heavy atom. The summed E-state index contributed by atoms with van der Waals surface area (Å²) in [5.41, 5.74) is 0.479. The molecular weight excluding hydrogens is 354 g/mol. The quantitative estimate of drug-likeness (QED) is 0.786. The van der Waals surface area contributed by atoms with Crippen LogP contribution in [0.25, 0.3) is 0 Å². The summed E-state index contributed by atoms with van der Waals surface area (Å²) in [4.78, 5) is 33.8. The zero-order chi connectivity index (χ0) is 19.5. The third-order valence-electron chi connectivity index (χ3n) is 6.79. The number of hydrogen-bond donors (Lipinski definition) is 0. The molecule has 0 N–H and O–H groups in total. The summed E-state index contributed by atoms with van der Waals surface area (Å²) in [5.74, 6) is 2.43. The minimum atomic E-state index is 0.00472. The normalized spacial score (nSPS) is 22.0. The highest BCUT2D eigenvalue weighted by atomic mass is 16.4. The van der Waals surface area contributed by atoms with Crippen LogP contribution >= 0.6 is 0 Å². The highest BCUT2D eigenvalue weighted by molar-refractivity contribution is 5.93. The maximum atomic E-state index is 12.6. The van der Waals surface area contributed by atoms with Crippen molar-refractivity contribution in [2.75, 3.05) is 26.2 Å². The molecule has 3 aliphatic rings. The van der Waals surface area contributed by atoms with Crippen molar-refractivity contribution in [1.82, 2.24) is 14.8 Å². The second-order valence-corrected chi connectivity index (χ2v) is 8.82. The molecular formula is C22H33N3O3. The van der Waals surface area contributed by atoms with Crippen LogP contribution in [0.4, 0.5) is 0 Å². The van der Waals surface area contributed by atoms with E-state index in [0.717, 1.165) is 58.3 Å². The van der Waals surface area contributed by atoms with Gasteiger partial charge in [-0.05, 0) is 51.4 Å². The van der Waals surface area contributed by atoms with Crippen LogP contribution in [-0.2, 0) is 4.79 Å². The molecule has 1 saturated carbocycles. The van der Waals surface area contributed by atoms with Gasteiger partial charge >= 0.3 is 0 Å². The first-order valence-corrected chi connectivity index (χ1v) is 11.2. The summed E-state index contributed by atoms with van der Waals surface area (Å²) >= 11 is 0. The van der Waals surface area contributed by atoms with Crippen LogP contribution in [0.2, 0.25) is 0 Å². The first-order valence-electron chi connectivity index (χ1n) is 11.2. The molecule has 3 heterocycles. The number of aromatic nitrogens is 1. The number of nitrogens with zero attached hydrogens (tertiary/aromatic N) is 3. The van der Waals surface area contributed by atoms with Crippen molar-refractivity contribution in [1.29, 1.82) is 0 Å². The fourth-order valence-electron chi connectivity index (χ4n) is 5.00. The van der Waals surface area contributed by atoms with Crippen LogP contribution in [0, 0.1) is 12.8 Å². The number of rotatable bonds is 4. The standard InChI is InChI=1S/C22H33N3O3/c1-16-20(22(27)25-11-5-6-12-25)23-21(28-16)18-9-13-24(14-10-18)19(26)15-17-7-3-2-4-8-17/h17-18H,2-15H2,1H3. The van der Waals surface area contributed by atoms with Gasteiger partial charge in [0.25, 0.3) is 5.91 Å². The second kappa shape index (κ2) is 8.66. The molecule has 0 spiro atoms. The highest BCUT2D eigenvalue weighted by Gasteiger charge is 2.31. The molecule has 1 aromatic rings. The predicted octanol–water partition coefficient (Wildman–Crippen LogP) is 3.90. The van der Waals surface area contributed by atoms with Crippen molar-refractivity contribution in [2.24, 2.45) is 5.92 Å². The van der Waals surface area contributed by atoms with Gasteiger partial charge in [-0.1, -0.05) is 19.3 Å². The van der Waals surface area contributed by atoms with Gasteiger partial charge in [0.1, 0.15) is 5.76 Å². The minimum Gasteiger partial charge on any atom is -0.445 e. The summed E-state index contributed by atoms with van der Waals surface area (Å²) in [5, 5.41) is 0. The van der Waals surface area contributed by atoms with Gasteiger partial charge in [-0.2, -0.15) is 0 Å². The van der Waals surface area contributed by atoms with Gasteiger partial charge < -0.3 is 14.2 Å². The molecule has 0 aromatic carbocycles. The van der Waals surface area contributed by atoms with Crippen molar-refractivity contribution in [3.05, 3.63) is 17.3 Å². The van der Waals surface area contributed by atoms with E-state index in [-0.39, 0.29) is 11.8 Å². The van der Waals surface area contributed by atoms with Gasteiger partial charge in [-0.15, -0.1) is 0 Å². The summed E-state index contributed by atoms with van der Waals surface area (Å²) in [6, 6.07) is 0. The number of likely N-dealkylation sites (tertiary alicyclic amines) is 2. The van der Waals surface area contributed by atoms with Crippen LogP contribution in [-0.4, -0.2) is 52.8 Å². The third kappa shape index (κ3) is 4.26. The molecule has 0 unspecified atom stereocenters. The molecule has 3 fully saturated rings. The van der Waals surface area contributed by atoms with E-state index in [1.54, 1.807) is 0 Å². The number of hydrogen-bond acceptors (Lipinski definition) is 4. The topological polar surface area (TPSA) is 66.7 Å². The van der Waals surface area contributed by atoms with E-state index in [2.05, 4.69) is 4.98 Å². The lowest BCUT2D eigenvalue weighted by Crippen LogP contribution is -2.39. The molecule has 28 heavy (non-hydrogen) atoms. The van der Waals surface area contributed by atoms with Gasteiger partial charge in [0.15, 0.2) is 11.6 Å². The number of aryl methyl sites for hydroxylation is 1. The average molecular weight is 388 g/mol. The largest absolute Gasteiger partial charge is 0.445 e. The minimum absolute atomic E-state index is 0.00472. The van der Waals surface area contributed by atoms with Crippen LogP contribution in [0.15, 0.2) is 4.42 Å². The zero-order valence-electron chi connectivity index (χ0n) is 17.1. The first-order chi connectivity index (χ1) is 13.6. The Bertz CT molecular complexity index is 694. The molecule has 0 radical (unpaired) electrons. The maximum Gasteiger partial charge on any atom is 0.276 e. The molecule has 4 rings (SSSR count). The van der Waals surface area contributed by atoms with Crippen molar-refractivity contribution in [3.63, 3.8) is 0 Å². The van der Waals surface area contributed by atoms with Gasteiger partial charge in [0.2, 0.25) is 5.91 Å². The van der Waals surface area contributed by atoms with Crippen molar-refractivity contribution < 1.29 is 14.0 Å². The van der Waals surface area contributed by atoms with Crippen molar-refractivity contribution >= 4 is 11.8 Å². The summed E-state index contributed by atoms with van der Waals surface area (Å²) in [7, 11) is 0. The van der Waals surface area contributed by atoms with E-state index in [0.29, 0.717) is 29.2 Å². The van der Waals surface area contributed by atoms with Crippen molar-refractivity contribution in [2.45, 2.75) is 77.0 Å². The van der Waals surface area contributed by atoms with E-state index in [9.17, 15) is 9.59 Å². The number of oxazole rings is 1. The second-order valence-electron chi connectivity index (χ2n) is 8.82. The molecule has 2 saturated heterocycles. The Hall–Kier alpha value is -1.85. The van der Waals surface area contributed by atoms with Crippen LogP contribution < -0.4 is 0 Å². The lowest BCUT2D eigenvalue weighted by atomic mass is 9.86. The monoisotopic (exact) mass is 387 g/mol. The van der Waals surface area contributed by atoms with E-state index >= 15 is 0 Å². The Morgan fingerprint density at radius 3 is 2.29 bits per heavy atom. The molecule has 1 aliphatic carbocycles. The van der Waals surface area contributed by atoms with Gasteiger partial charge in [0, 0.05) is 38.5 Å². The van der Waals surface area contributed by atoms with Gasteiger partial charge in [-0.25, -0.2) is 4.98 Å². The first kappa shape index (κ1) is 19.5. The fraction of sp³-hybridized carbons (Fsp3) is 0.773. The molecule has 1 aromatic heterocycles. The number of amides is 2. The zero-order valence-corrected chi connectivity index (χ0v) is 17.1. The third-order valence-corrected chi connectivity index (χ3v) is 6.79. The molecule has 154 valence electrons. The fourth-order valence-corrected chi connectivity index (χ4v) is 5.00. The lowest BCUT2D eigenvalue weighted by Gasteiger charge is -2.32. The van der Waals surface area contributed by atoms with E-state index in [1.807, 2.05) is 16.7 Å². The van der Waals surface area contributed by atoms with Crippen LogP contribution in [0.5, 0.6) is 0 Å². The molecule has 2 amide bonds. The Kier molecular flexibility index (Phi) is 6.02. The van der Waals surface area contributed by atoms with Crippen LogP contribution in [0.3, 0.4) is 0 Å². The average Bonchev–Trinajstić information content (AvgIpc) is 3.38. The molecule has 0 bridgehead atoms. The molecule has 0 atom stereocenters. The Morgan fingerprint density at radius 1 is 0.929 bits per heavy atom. The molecule has 6 heteroatoms. The SMILES string of the molecule is Cc1oc(C2CCN(C(=O)CC3CCCCC3)CC2)nc1C(=O)N1CCCC1. The maximum absolute atomic E-state index is 12.6. The van der Waals surface area contributed by atoms with Gasteiger partial charge in [-0.3, -0.25) is 9.59 Å². The Labute approximate surface area is 167 Å². The molecule has 2 aliphatic heterocycles. The predicted molar refractivity (Wildman–Crippen MR) is 106 cm³/mol. The summed E-state index contributed by atoms with van der Waals surface area (Å²) in [6.45, 7) is 5.02. The number of piperidine rings is 1. The lowest BCUT2D eigenvalue weighted by molar-refractivity contribution is -0.133. The Balaban J connectivity index is 1.31. The summed E-state index contributed by atoms with van der Waals surface area (Å²) in [6.07, 6.45) is 10.9. The van der Waals surface area contributed by atoms with Crippen LogP contribution in [0.1, 0.15) is 92.3 Å². The highest BCUT2D eigenvalue weighted by Crippen LogP contribution is 2.31. The van der Waals surface area contributed by atoms with E-state index in [4.69, 9.17) is 4.42 Å².